The molecule has 0 radical (unpaired) electrons. The topological polar surface area (TPSA) is 16.1 Å². The lowest BCUT2D eigenvalue weighted by molar-refractivity contribution is 0.148. The summed E-state index contributed by atoms with van der Waals surface area (Å²) in [6.45, 7) is 8.69. The molecule has 0 spiro atoms. The molecule has 21 heavy (non-hydrogen) atoms. The minimum atomic E-state index is 0.568. The second kappa shape index (κ2) is 6.40. The summed E-state index contributed by atoms with van der Waals surface area (Å²) < 4.78 is 0. The van der Waals surface area contributed by atoms with E-state index in [1.54, 1.807) is 0 Å². The quantitative estimate of drug-likeness (QED) is 0.785. The zero-order chi connectivity index (χ0) is 14.7. The van der Waals surface area contributed by atoms with Crippen LogP contribution in [-0.2, 0) is 6.42 Å². The second-order valence-corrected chi connectivity index (χ2v) is 6.17. The van der Waals surface area contributed by atoms with E-state index < -0.39 is 0 Å². The fourth-order valence-electron chi connectivity index (χ4n) is 3.41. The van der Waals surface area contributed by atoms with Crippen LogP contribution < -0.4 is 0 Å². The molecule has 0 amide bonds. The van der Waals surface area contributed by atoms with Crippen molar-refractivity contribution in [2.24, 2.45) is 5.92 Å². The summed E-state index contributed by atoms with van der Waals surface area (Å²) in [5.41, 5.74) is 2.51. The van der Waals surface area contributed by atoms with E-state index in [4.69, 9.17) is 0 Å². The van der Waals surface area contributed by atoms with E-state index >= 15 is 0 Å². The van der Waals surface area contributed by atoms with Gasteiger partial charge in [0, 0.05) is 24.2 Å². The molecule has 3 rings (SSSR count). The van der Waals surface area contributed by atoms with Crippen LogP contribution in [0.4, 0.5) is 0 Å². The molecule has 0 bridgehead atoms. The van der Waals surface area contributed by atoms with Gasteiger partial charge < -0.3 is 0 Å². The van der Waals surface area contributed by atoms with Crippen molar-refractivity contribution in [3.05, 3.63) is 54.7 Å². The number of nitrogens with zero attached hydrogens (tertiary/aromatic N) is 2. The summed E-state index contributed by atoms with van der Waals surface area (Å²) in [5.74, 6) is 0.662. The molecule has 2 atom stereocenters. The highest BCUT2D eigenvalue weighted by Gasteiger charge is 2.22. The Hall–Kier alpha value is -1.67. The van der Waals surface area contributed by atoms with Crippen LogP contribution in [0.1, 0.15) is 25.3 Å². The van der Waals surface area contributed by atoms with Crippen LogP contribution in [0.25, 0.3) is 10.9 Å². The molecule has 0 saturated carbocycles. The molecule has 1 aliphatic rings. The van der Waals surface area contributed by atoms with Crippen LogP contribution in [0.3, 0.4) is 0 Å². The van der Waals surface area contributed by atoms with Crippen molar-refractivity contribution in [3.63, 3.8) is 0 Å². The summed E-state index contributed by atoms with van der Waals surface area (Å²) in [6.07, 6.45) is 7.74. The summed E-state index contributed by atoms with van der Waals surface area (Å²) >= 11 is 0. The maximum absolute atomic E-state index is 4.46. The smallest absolute Gasteiger partial charge is 0.0704 e. The zero-order valence-electron chi connectivity index (χ0n) is 12.8. The number of likely N-dealkylation sites (tertiary alicyclic amines) is 1. The van der Waals surface area contributed by atoms with Crippen LogP contribution in [0.5, 0.6) is 0 Å². The van der Waals surface area contributed by atoms with Gasteiger partial charge in [0.05, 0.1) is 5.52 Å². The Morgan fingerprint density at radius 2 is 2.24 bits per heavy atom. The molecule has 0 N–H and O–H groups in total. The fraction of sp³-hybridized carbons (Fsp3) is 0.421. The standard InChI is InChI=1S/C19H24N2/c1-3-16-7-6-12-21(14-16)15(2)13-17-10-11-20-19-9-5-4-8-18(17)19/h3-5,8-11,15-16H,1,6-7,12-14H2,2H3. The van der Waals surface area contributed by atoms with Gasteiger partial charge in [-0.15, -0.1) is 6.58 Å². The average Bonchev–Trinajstić information content (AvgIpc) is 2.55. The SMILES string of the molecule is C=CC1CCCN(C(C)Cc2ccnc3ccccc23)C1. The van der Waals surface area contributed by atoms with Gasteiger partial charge in [0.15, 0.2) is 0 Å². The van der Waals surface area contributed by atoms with Gasteiger partial charge in [0.25, 0.3) is 0 Å². The van der Waals surface area contributed by atoms with Gasteiger partial charge in [-0.05, 0) is 56.3 Å². The molecule has 1 aliphatic heterocycles. The first-order chi connectivity index (χ1) is 10.3. The van der Waals surface area contributed by atoms with Gasteiger partial charge in [0.2, 0.25) is 0 Å². The number of hydrogen-bond donors (Lipinski definition) is 0. The van der Waals surface area contributed by atoms with Gasteiger partial charge in [-0.3, -0.25) is 9.88 Å². The molecule has 1 saturated heterocycles. The molecule has 1 aromatic carbocycles. The van der Waals surface area contributed by atoms with E-state index in [0.717, 1.165) is 18.5 Å². The van der Waals surface area contributed by atoms with Gasteiger partial charge >= 0.3 is 0 Å². The normalized spacial score (nSPS) is 21.3. The zero-order valence-corrected chi connectivity index (χ0v) is 12.8. The molecule has 2 nitrogen and oxygen atoms in total. The summed E-state index contributed by atoms with van der Waals surface area (Å²) in [7, 11) is 0. The summed E-state index contributed by atoms with van der Waals surface area (Å²) in [5, 5.41) is 1.30. The Kier molecular flexibility index (Phi) is 4.35. The molecule has 2 heteroatoms. The van der Waals surface area contributed by atoms with Crippen LogP contribution >= 0.6 is 0 Å². The highest BCUT2D eigenvalue weighted by molar-refractivity contribution is 5.81. The lowest BCUT2D eigenvalue weighted by atomic mass is 9.95. The largest absolute Gasteiger partial charge is 0.300 e. The van der Waals surface area contributed by atoms with Crippen LogP contribution in [-0.4, -0.2) is 29.0 Å². The predicted octanol–water partition coefficient (Wildman–Crippen LogP) is 4.06. The van der Waals surface area contributed by atoms with E-state index in [1.807, 2.05) is 6.20 Å². The predicted molar refractivity (Wildman–Crippen MR) is 89.4 cm³/mol. The van der Waals surface area contributed by atoms with E-state index in [2.05, 4.69) is 59.8 Å². The Bertz CT molecular complexity index is 614. The van der Waals surface area contributed by atoms with E-state index in [0.29, 0.717) is 12.0 Å². The molecule has 1 fully saturated rings. The van der Waals surface area contributed by atoms with Gasteiger partial charge in [-0.2, -0.15) is 0 Å². The molecular formula is C19H24N2. The van der Waals surface area contributed by atoms with Gasteiger partial charge in [-0.25, -0.2) is 0 Å². The number of pyridine rings is 1. The van der Waals surface area contributed by atoms with Gasteiger partial charge in [0.1, 0.15) is 0 Å². The average molecular weight is 280 g/mol. The number of benzene rings is 1. The number of para-hydroxylation sites is 1. The van der Waals surface area contributed by atoms with Crippen molar-refractivity contribution in [3.8, 4) is 0 Å². The highest BCUT2D eigenvalue weighted by atomic mass is 15.2. The number of piperidine rings is 1. The third-order valence-corrected chi connectivity index (χ3v) is 4.70. The number of fused-ring (bicyclic) bond motifs is 1. The van der Waals surface area contributed by atoms with Gasteiger partial charge in [-0.1, -0.05) is 24.3 Å². The molecule has 2 aromatic rings. The van der Waals surface area contributed by atoms with Crippen molar-refractivity contribution >= 4 is 10.9 Å². The van der Waals surface area contributed by atoms with Crippen molar-refractivity contribution in [2.45, 2.75) is 32.2 Å². The van der Waals surface area contributed by atoms with E-state index in [1.165, 1.54) is 30.3 Å². The second-order valence-electron chi connectivity index (χ2n) is 6.17. The van der Waals surface area contributed by atoms with Crippen LogP contribution in [0.15, 0.2) is 49.2 Å². The Morgan fingerprint density at radius 1 is 1.38 bits per heavy atom. The van der Waals surface area contributed by atoms with Crippen LogP contribution in [0.2, 0.25) is 0 Å². The Morgan fingerprint density at radius 3 is 3.10 bits per heavy atom. The summed E-state index contributed by atoms with van der Waals surface area (Å²) in [4.78, 5) is 7.08. The summed E-state index contributed by atoms with van der Waals surface area (Å²) in [6, 6.07) is 11.2. The first kappa shape index (κ1) is 14.3. The Balaban J connectivity index is 1.77. The monoisotopic (exact) mass is 280 g/mol. The van der Waals surface area contributed by atoms with E-state index in [-0.39, 0.29) is 0 Å². The van der Waals surface area contributed by atoms with Crippen molar-refractivity contribution < 1.29 is 0 Å². The minimum Gasteiger partial charge on any atom is -0.300 e. The van der Waals surface area contributed by atoms with Crippen molar-refractivity contribution in [1.82, 2.24) is 9.88 Å². The molecule has 2 unspecified atom stereocenters. The number of aromatic nitrogens is 1. The first-order valence-electron chi connectivity index (χ1n) is 7.97. The molecule has 2 heterocycles. The molecule has 0 aliphatic carbocycles. The third kappa shape index (κ3) is 3.16. The lowest BCUT2D eigenvalue weighted by Crippen LogP contribution is -2.41. The van der Waals surface area contributed by atoms with Crippen LogP contribution in [0, 0.1) is 5.92 Å². The first-order valence-corrected chi connectivity index (χ1v) is 7.97. The fourth-order valence-corrected chi connectivity index (χ4v) is 3.41. The maximum Gasteiger partial charge on any atom is 0.0704 e. The number of hydrogen-bond acceptors (Lipinski definition) is 2. The maximum atomic E-state index is 4.46. The van der Waals surface area contributed by atoms with Crippen molar-refractivity contribution in [2.75, 3.05) is 13.1 Å². The third-order valence-electron chi connectivity index (χ3n) is 4.70. The molecular weight excluding hydrogens is 256 g/mol. The molecule has 110 valence electrons. The molecule has 1 aromatic heterocycles. The van der Waals surface area contributed by atoms with Crippen molar-refractivity contribution in [1.29, 1.82) is 0 Å². The number of rotatable bonds is 4. The Labute approximate surface area is 127 Å². The highest BCUT2D eigenvalue weighted by Crippen LogP contribution is 2.23. The van der Waals surface area contributed by atoms with E-state index in [9.17, 15) is 0 Å². The minimum absolute atomic E-state index is 0.568. The lowest BCUT2D eigenvalue weighted by Gasteiger charge is -2.36.